The number of halogens is 2. The van der Waals surface area contributed by atoms with Gasteiger partial charge >= 0.3 is 5.97 Å². The molecule has 1 heterocycles. The summed E-state index contributed by atoms with van der Waals surface area (Å²) in [4.78, 5) is 15.3. The smallest absolute Gasteiger partial charge is 0.356 e. The molecule has 0 atom stereocenters. The minimum absolute atomic E-state index is 0.0274. The summed E-state index contributed by atoms with van der Waals surface area (Å²) in [6, 6.07) is 3.96. The fourth-order valence-electron chi connectivity index (χ4n) is 1.55. The first-order chi connectivity index (χ1) is 8.56. The quantitative estimate of drug-likeness (QED) is 0.787. The third kappa shape index (κ3) is 2.09. The van der Waals surface area contributed by atoms with Crippen molar-refractivity contribution >= 4 is 28.5 Å². The predicted molar refractivity (Wildman–Crippen MR) is 64.6 cm³/mol. The Hall–Kier alpha value is -1.88. The summed E-state index contributed by atoms with van der Waals surface area (Å²) in [5, 5.41) is 0.779. The third-order valence-corrected chi connectivity index (χ3v) is 2.74. The average molecular weight is 270 g/mol. The topological polar surface area (TPSA) is 48.4 Å². The molecule has 0 amide bonds. The highest BCUT2D eigenvalue weighted by atomic mass is 35.5. The van der Waals surface area contributed by atoms with Crippen LogP contribution in [-0.4, -0.2) is 25.2 Å². The van der Waals surface area contributed by atoms with Gasteiger partial charge in [-0.3, -0.25) is 0 Å². The molecule has 1 aromatic heterocycles. The van der Waals surface area contributed by atoms with Gasteiger partial charge in [-0.05, 0) is 12.1 Å². The highest BCUT2D eigenvalue weighted by molar-refractivity contribution is 6.35. The van der Waals surface area contributed by atoms with Gasteiger partial charge in [-0.15, -0.1) is 0 Å². The lowest BCUT2D eigenvalue weighted by atomic mass is 10.2. The maximum atomic E-state index is 13.5. The largest absolute Gasteiger partial charge is 0.494 e. The minimum Gasteiger partial charge on any atom is -0.494 e. The van der Waals surface area contributed by atoms with Crippen molar-refractivity contribution in [1.29, 1.82) is 0 Å². The van der Waals surface area contributed by atoms with Crippen molar-refractivity contribution in [1.82, 2.24) is 4.98 Å². The number of fused-ring (bicyclic) bond motifs is 1. The van der Waals surface area contributed by atoms with Crippen molar-refractivity contribution in [3.63, 3.8) is 0 Å². The second kappa shape index (κ2) is 4.78. The molecule has 0 aliphatic rings. The highest BCUT2D eigenvalue weighted by Crippen LogP contribution is 2.29. The van der Waals surface area contributed by atoms with Crippen LogP contribution in [0.2, 0.25) is 5.02 Å². The average Bonchev–Trinajstić information content (AvgIpc) is 2.36. The Kier molecular flexibility index (Phi) is 3.34. The molecule has 0 saturated carbocycles. The zero-order chi connectivity index (χ0) is 13.3. The van der Waals surface area contributed by atoms with E-state index < -0.39 is 11.8 Å². The molecule has 0 aliphatic carbocycles. The lowest BCUT2D eigenvalue weighted by molar-refractivity contribution is 0.0594. The van der Waals surface area contributed by atoms with Crippen LogP contribution in [0.5, 0.6) is 5.75 Å². The number of hydrogen-bond acceptors (Lipinski definition) is 4. The van der Waals surface area contributed by atoms with Gasteiger partial charge in [0.15, 0.2) is 17.3 Å². The van der Waals surface area contributed by atoms with Crippen LogP contribution in [-0.2, 0) is 4.74 Å². The van der Waals surface area contributed by atoms with Crippen molar-refractivity contribution < 1.29 is 18.7 Å². The molecular weight excluding hydrogens is 261 g/mol. The molecule has 1 aromatic carbocycles. The Balaban J connectivity index is 2.70. The third-order valence-electron chi connectivity index (χ3n) is 2.43. The molecule has 0 N–H and O–H groups in total. The van der Waals surface area contributed by atoms with Crippen LogP contribution in [0.1, 0.15) is 10.5 Å². The molecule has 0 spiro atoms. The molecule has 2 rings (SSSR count). The van der Waals surface area contributed by atoms with E-state index >= 15 is 0 Å². The van der Waals surface area contributed by atoms with E-state index in [0.29, 0.717) is 5.39 Å². The molecular formula is C12H9ClFNO3. The van der Waals surface area contributed by atoms with E-state index in [9.17, 15) is 9.18 Å². The first kappa shape index (κ1) is 12.6. The number of carbonyl (C=O) groups is 1. The van der Waals surface area contributed by atoms with E-state index in [1.165, 1.54) is 26.4 Å². The van der Waals surface area contributed by atoms with Gasteiger partial charge < -0.3 is 9.47 Å². The van der Waals surface area contributed by atoms with Crippen LogP contribution in [0.15, 0.2) is 18.2 Å². The second-order valence-electron chi connectivity index (χ2n) is 3.48. The van der Waals surface area contributed by atoms with Gasteiger partial charge in [0.2, 0.25) is 0 Å². The van der Waals surface area contributed by atoms with E-state index in [2.05, 4.69) is 9.72 Å². The number of nitrogens with zero attached hydrogens (tertiary/aromatic N) is 1. The maximum absolute atomic E-state index is 13.5. The lowest BCUT2D eigenvalue weighted by Gasteiger charge is -2.07. The van der Waals surface area contributed by atoms with Gasteiger partial charge in [0.05, 0.1) is 24.8 Å². The van der Waals surface area contributed by atoms with Crippen LogP contribution in [0.3, 0.4) is 0 Å². The zero-order valence-corrected chi connectivity index (χ0v) is 10.4. The summed E-state index contributed by atoms with van der Waals surface area (Å²) in [6.45, 7) is 0. The predicted octanol–water partition coefficient (Wildman–Crippen LogP) is 2.82. The summed E-state index contributed by atoms with van der Waals surface area (Å²) in [7, 11) is 2.59. The molecule has 2 aromatic rings. The van der Waals surface area contributed by atoms with Crippen LogP contribution in [0.25, 0.3) is 10.9 Å². The van der Waals surface area contributed by atoms with Crippen molar-refractivity contribution in [3.05, 3.63) is 34.7 Å². The molecule has 0 fully saturated rings. The number of carbonyl (C=O) groups excluding carboxylic acids is 1. The Morgan fingerprint density at radius 1 is 1.33 bits per heavy atom. The number of ether oxygens (including phenoxy) is 2. The van der Waals surface area contributed by atoms with E-state index in [-0.39, 0.29) is 22.0 Å². The second-order valence-corrected chi connectivity index (χ2v) is 3.89. The number of rotatable bonds is 2. The van der Waals surface area contributed by atoms with Crippen LogP contribution < -0.4 is 4.74 Å². The monoisotopic (exact) mass is 269 g/mol. The number of benzene rings is 1. The zero-order valence-electron chi connectivity index (χ0n) is 9.66. The molecule has 94 valence electrons. The van der Waals surface area contributed by atoms with Crippen molar-refractivity contribution in [2.75, 3.05) is 14.2 Å². The van der Waals surface area contributed by atoms with E-state index in [0.717, 1.165) is 6.07 Å². The summed E-state index contributed by atoms with van der Waals surface area (Å²) in [5.74, 6) is -1.14. The number of hydrogen-bond donors (Lipinski definition) is 0. The summed E-state index contributed by atoms with van der Waals surface area (Å²) < 4.78 is 22.9. The van der Waals surface area contributed by atoms with Gasteiger partial charge in [0, 0.05) is 11.5 Å². The standard InChI is InChI=1S/C12H9ClFNO3/c1-17-11-3-6-7(13)4-10(12(16)18-2)15-9(6)5-8(11)14/h3-5H,1-2H3. The normalized spacial score (nSPS) is 10.4. The summed E-state index contributed by atoms with van der Waals surface area (Å²) in [5.41, 5.74) is 0.292. The van der Waals surface area contributed by atoms with Gasteiger partial charge in [-0.2, -0.15) is 0 Å². The van der Waals surface area contributed by atoms with Crippen molar-refractivity contribution in [2.45, 2.75) is 0 Å². The Morgan fingerprint density at radius 2 is 2.06 bits per heavy atom. The number of aromatic nitrogens is 1. The lowest BCUT2D eigenvalue weighted by Crippen LogP contribution is -2.04. The summed E-state index contributed by atoms with van der Waals surface area (Å²) >= 11 is 6.02. The van der Waals surface area contributed by atoms with Crippen LogP contribution >= 0.6 is 11.6 Å². The van der Waals surface area contributed by atoms with Crippen molar-refractivity contribution in [3.8, 4) is 5.75 Å². The molecule has 0 aliphatic heterocycles. The maximum Gasteiger partial charge on any atom is 0.356 e. The fourth-order valence-corrected chi connectivity index (χ4v) is 1.81. The van der Waals surface area contributed by atoms with E-state index in [4.69, 9.17) is 16.3 Å². The van der Waals surface area contributed by atoms with E-state index in [1.807, 2.05) is 0 Å². The fraction of sp³-hybridized carbons (Fsp3) is 0.167. The molecule has 0 saturated heterocycles. The van der Waals surface area contributed by atoms with Crippen LogP contribution in [0, 0.1) is 5.82 Å². The molecule has 0 bridgehead atoms. The van der Waals surface area contributed by atoms with Crippen LogP contribution in [0.4, 0.5) is 4.39 Å². The number of esters is 1. The molecule has 6 heteroatoms. The first-order valence-electron chi connectivity index (χ1n) is 4.99. The van der Waals surface area contributed by atoms with Crippen molar-refractivity contribution in [2.24, 2.45) is 0 Å². The molecule has 0 unspecified atom stereocenters. The van der Waals surface area contributed by atoms with Gasteiger partial charge in [0.1, 0.15) is 0 Å². The van der Waals surface area contributed by atoms with Gasteiger partial charge in [0.25, 0.3) is 0 Å². The molecule has 18 heavy (non-hydrogen) atoms. The van der Waals surface area contributed by atoms with E-state index in [1.54, 1.807) is 0 Å². The van der Waals surface area contributed by atoms with Gasteiger partial charge in [-0.1, -0.05) is 11.6 Å². The first-order valence-corrected chi connectivity index (χ1v) is 5.36. The Bertz CT molecular complexity index is 630. The molecule has 0 radical (unpaired) electrons. The summed E-state index contributed by atoms with van der Waals surface area (Å²) in [6.07, 6.45) is 0. The SMILES string of the molecule is COC(=O)c1cc(Cl)c2cc(OC)c(F)cc2n1. The number of pyridine rings is 1. The number of methoxy groups -OCH3 is 2. The minimum atomic E-state index is -0.630. The Labute approximate surface area is 107 Å². The van der Waals surface area contributed by atoms with Gasteiger partial charge in [-0.25, -0.2) is 14.2 Å². The molecule has 4 nitrogen and oxygen atoms in total. The Morgan fingerprint density at radius 3 is 2.67 bits per heavy atom. The highest BCUT2D eigenvalue weighted by Gasteiger charge is 2.14.